The lowest BCUT2D eigenvalue weighted by Gasteiger charge is -2.23. The van der Waals surface area contributed by atoms with E-state index in [9.17, 15) is 4.57 Å². The molecule has 0 heterocycles. The lowest BCUT2D eigenvalue weighted by molar-refractivity contribution is 0.280. The summed E-state index contributed by atoms with van der Waals surface area (Å²) in [5.41, 5.74) is 0. The lowest BCUT2D eigenvalue weighted by Crippen LogP contribution is -2.31. The van der Waals surface area contributed by atoms with Gasteiger partial charge in [0.2, 0.25) is 0 Å². The zero-order valence-corrected chi connectivity index (χ0v) is 12.0. The third-order valence-corrected chi connectivity index (χ3v) is 5.17. The van der Waals surface area contributed by atoms with Gasteiger partial charge in [0.15, 0.2) is 10.6 Å². The van der Waals surface area contributed by atoms with Crippen molar-refractivity contribution in [2.75, 3.05) is 14.1 Å². The fourth-order valence-corrected chi connectivity index (χ4v) is 3.66. The third kappa shape index (κ3) is 2.60. The molecule has 1 aliphatic carbocycles. The summed E-state index contributed by atoms with van der Waals surface area (Å²) in [6.45, 7) is 2.17. The van der Waals surface area contributed by atoms with Crippen molar-refractivity contribution in [2.45, 2.75) is 13.0 Å². The standard InChI is InChI=1S/C15H19NOP/c1-12(16(2)3)14-10-7-11-15(14)18(17)13-8-5-4-6-9-13/h4-12,14H,1-3H3/q+1/t12-,14?/m1/s1. The van der Waals surface area contributed by atoms with Crippen LogP contribution in [0.25, 0.3) is 0 Å². The van der Waals surface area contributed by atoms with Gasteiger partial charge in [-0.15, -0.1) is 0 Å². The molecule has 0 bridgehead atoms. The molecule has 0 saturated carbocycles. The molecule has 0 N–H and O–H groups in total. The fraction of sp³-hybridized carbons (Fsp3) is 0.333. The Balaban J connectivity index is 2.22. The van der Waals surface area contributed by atoms with Crippen LogP contribution in [0.3, 0.4) is 0 Å². The van der Waals surface area contributed by atoms with Gasteiger partial charge in [0.05, 0.1) is 5.92 Å². The Hall–Kier alpha value is -1.24. The molecule has 94 valence electrons. The first-order chi connectivity index (χ1) is 8.61. The van der Waals surface area contributed by atoms with E-state index in [1.54, 1.807) is 0 Å². The summed E-state index contributed by atoms with van der Waals surface area (Å²) in [7, 11) is 2.67. The van der Waals surface area contributed by atoms with E-state index < -0.39 is 7.80 Å². The number of hydrogen-bond acceptors (Lipinski definition) is 2. The van der Waals surface area contributed by atoms with Crippen molar-refractivity contribution in [1.82, 2.24) is 4.90 Å². The topological polar surface area (TPSA) is 20.3 Å². The monoisotopic (exact) mass is 260 g/mol. The number of allylic oxidation sites excluding steroid dienone is 2. The van der Waals surface area contributed by atoms with Gasteiger partial charge < -0.3 is 4.90 Å². The molecular weight excluding hydrogens is 241 g/mol. The summed E-state index contributed by atoms with van der Waals surface area (Å²) >= 11 is 0. The van der Waals surface area contributed by atoms with Gasteiger partial charge in [-0.2, -0.15) is 0 Å². The quantitative estimate of drug-likeness (QED) is 0.775. The van der Waals surface area contributed by atoms with Gasteiger partial charge >= 0.3 is 7.80 Å². The summed E-state index contributed by atoms with van der Waals surface area (Å²) in [4.78, 5) is 2.17. The first kappa shape index (κ1) is 13.2. The van der Waals surface area contributed by atoms with E-state index in [-0.39, 0.29) is 5.92 Å². The zero-order chi connectivity index (χ0) is 13.1. The number of hydrogen-bond donors (Lipinski definition) is 0. The van der Waals surface area contributed by atoms with E-state index in [4.69, 9.17) is 0 Å². The van der Waals surface area contributed by atoms with Crippen molar-refractivity contribution in [3.63, 3.8) is 0 Å². The molecule has 3 heteroatoms. The molecule has 3 atom stereocenters. The van der Waals surface area contributed by atoms with Crippen molar-refractivity contribution in [3.05, 3.63) is 53.9 Å². The fourth-order valence-electron chi connectivity index (χ4n) is 2.13. The van der Waals surface area contributed by atoms with E-state index in [2.05, 4.69) is 32.0 Å². The van der Waals surface area contributed by atoms with E-state index in [0.29, 0.717) is 6.04 Å². The predicted octanol–water partition coefficient (Wildman–Crippen LogP) is 3.16. The van der Waals surface area contributed by atoms with Crippen molar-refractivity contribution >= 4 is 13.1 Å². The average molecular weight is 260 g/mol. The highest BCUT2D eigenvalue weighted by molar-refractivity contribution is 7.58. The first-order valence-corrected chi connectivity index (χ1v) is 7.44. The SMILES string of the molecule is C[C@H](C1C=CC=C1[P+](=O)c1ccccc1)N(C)C. The molecule has 0 fully saturated rings. The van der Waals surface area contributed by atoms with Crippen molar-refractivity contribution < 1.29 is 4.57 Å². The summed E-state index contributed by atoms with van der Waals surface area (Å²) in [6.07, 6.45) is 6.18. The van der Waals surface area contributed by atoms with Gasteiger partial charge in [-0.3, -0.25) is 0 Å². The molecule has 2 rings (SSSR count). The van der Waals surface area contributed by atoms with E-state index in [0.717, 1.165) is 10.6 Å². The first-order valence-electron chi connectivity index (χ1n) is 6.18. The van der Waals surface area contributed by atoms with Gasteiger partial charge in [-0.1, -0.05) is 34.9 Å². The molecule has 0 radical (unpaired) electrons. The highest BCUT2D eigenvalue weighted by Crippen LogP contribution is 2.42. The smallest absolute Gasteiger partial charge is 0.306 e. The predicted molar refractivity (Wildman–Crippen MR) is 77.5 cm³/mol. The molecule has 0 aliphatic heterocycles. The molecule has 2 unspecified atom stereocenters. The van der Waals surface area contributed by atoms with Crippen molar-refractivity contribution in [1.29, 1.82) is 0 Å². The normalized spacial score (nSPS) is 21.0. The molecule has 2 nitrogen and oxygen atoms in total. The summed E-state index contributed by atoms with van der Waals surface area (Å²) in [5, 5.41) is 1.95. The Kier molecular flexibility index (Phi) is 4.11. The average Bonchev–Trinajstić information content (AvgIpc) is 2.87. The molecule has 18 heavy (non-hydrogen) atoms. The Labute approximate surface area is 110 Å². The van der Waals surface area contributed by atoms with Crippen LogP contribution in [0.15, 0.2) is 53.9 Å². The number of rotatable bonds is 4. The Morgan fingerprint density at radius 1 is 1.22 bits per heavy atom. The largest absolute Gasteiger partial charge is 0.411 e. The molecule has 1 aromatic carbocycles. The summed E-state index contributed by atoms with van der Waals surface area (Å²) in [5.74, 6) is 0.254. The van der Waals surface area contributed by atoms with Crippen LogP contribution in [0.2, 0.25) is 0 Å². The maximum atomic E-state index is 12.6. The molecule has 0 aromatic heterocycles. The van der Waals surface area contributed by atoms with Crippen LogP contribution >= 0.6 is 7.80 Å². The van der Waals surface area contributed by atoms with Crippen LogP contribution in [0.4, 0.5) is 0 Å². The lowest BCUT2D eigenvalue weighted by atomic mass is 10.0. The summed E-state index contributed by atoms with van der Waals surface area (Å²) < 4.78 is 12.6. The van der Waals surface area contributed by atoms with Gasteiger partial charge in [-0.25, -0.2) is 0 Å². The van der Waals surface area contributed by atoms with Crippen molar-refractivity contribution in [2.24, 2.45) is 5.92 Å². The van der Waals surface area contributed by atoms with Gasteiger partial charge in [0, 0.05) is 6.04 Å². The molecule has 0 amide bonds. The van der Waals surface area contributed by atoms with E-state index >= 15 is 0 Å². The summed E-state index contributed by atoms with van der Waals surface area (Å²) in [6, 6.07) is 10.1. The minimum Gasteiger partial charge on any atom is -0.306 e. The minimum atomic E-state index is -1.45. The highest BCUT2D eigenvalue weighted by Gasteiger charge is 2.37. The van der Waals surface area contributed by atoms with Crippen LogP contribution in [-0.2, 0) is 4.57 Å². The second-order valence-electron chi connectivity index (χ2n) is 4.84. The Morgan fingerprint density at radius 2 is 1.89 bits per heavy atom. The molecule has 1 aliphatic rings. The van der Waals surface area contributed by atoms with Crippen LogP contribution in [0, 0.1) is 5.92 Å². The van der Waals surface area contributed by atoms with Gasteiger partial charge in [0.25, 0.3) is 0 Å². The number of nitrogens with zero attached hydrogens (tertiary/aromatic N) is 1. The van der Waals surface area contributed by atoms with Crippen LogP contribution < -0.4 is 5.30 Å². The minimum absolute atomic E-state index is 0.254. The molecule has 0 saturated heterocycles. The second-order valence-corrected chi connectivity index (χ2v) is 6.46. The Bertz CT molecular complexity index is 490. The maximum Gasteiger partial charge on any atom is 0.411 e. The van der Waals surface area contributed by atoms with Gasteiger partial charge in [0.1, 0.15) is 0 Å². The molecule has 1 aromatic rings. The van der Waals surface area contributed by atoms with Crippen LogP contribution in [-0.4, -0.2) is 25.0 Å². The number of benzene rings is 1. The van der Waals surface area contributed by atoms with E-state index in [1.807, 2.05) is 42.5 Å². The molecular formula is C15H19NOP+. The van der Waals surface area contributed by atoms with Crippen LogP contribution in [0.5, 0.6) is 0 Å². The highest BCUT2D eigenvalue weighted by atomic mass is 31.1. The van der Waals surface area contributed by atoms with E-state index in [1.165, 1.54) is 0 Å². The Morgan fingerprint density at radius 3 is 2.50 bits per heavy atom. The van der Waals surface area contributed by atoms with Crippen molar-refractivity contribution in [3.8, 4) is 0 Å². The van der Waals surface area contributed by atoms with Crippen LogP contribution in [0.1, 0.15) is 6.92 Å². The second kappa shape index (κ2) is 5.60. The third-order valence-electron chi connectivity index (χ3n) is 3.49. The zero-order valence-electron chi connectivity index (χ0n) is 11.1. The van der Waals surface area contributed by atoms with Gasteiger partial charge in [-0.05, 0) is 39.2 Å². The molecule has 0 spiro atoms. The maximum absolute atomic E-state index is 12.6.